The van der Waals surface area contributed by atoms with Crippen LogP contribution in [0.3, 0.4) is 0 Å². The third-order valence-electron chi connectivity index (χ3n) is 4.24. The van der Waals surface area contributed by atoms with E-state index in [1.54, 1.807) is 0 Å². The van der Waals surface area contributed by atoms with Crippen LogP contribution in [-0.4, -0.2) is 59.9 Å². The Labute approximate surface area is 173 Å². The minimum Gasteiger partial charge on any atom is -0.396 e. The zero-order chi connectivity index (χ0) is 22.2. The van der Waals surface area contributed by atoms with Gasteiger partial charge in [0.25, 0.3) is 0 Å². The number of unbranched alkanes of at least 4 members (excludes halogenated alkanes) is 6. The van der Waals surface area contributed by atoms with E-state index in [9.17, 15) is 29.3 Å². The quantitative estimate of drug-likeness (QED) is 0.156. The van der Waals surface area contributed by atoms with Crippen LogP contribution in [0, 0.1) is 5.41 Å². The van der Waals surface area contributed by atoms with Crippen LogP contribution in [0.15, 0.2) is 0 Å². The van der Waals surface area contributed by atoms with Gasteiger partial charge in [0.05, 0.1) is 45.1 Å². The fraction of sp³-hybridized carbons (Fsp3) is 1.00. The highest BCUT2D eigenvalue weighted by Gasteiger charge is 2.40. The molecule has 29 heavy (non-hydrogen) atoms. The Morgan fingerprint density at radius 1 is 0.724 bits per heavy atom. The van der Waals surface area contributed by atoms with Crippen LogP contribution in [0.5, 0.6) is 0 Å². The molecule has 0 rings (SSSR count). The van der Waals surface area contributed by atoms with Gasteiger partial charge in [-0.15, -0.1) is 0 Å². The van der Waals surface area contributed by atoms with Gasteiger partial charge in [0.2, 0.25) is 0 Å². The van der Waals surface area contributed by atoms with E-state index in [1.165, 1.54) is 0 Å². The molecule has 0 amide bonds. The van der Waals surface area contributed by atoms with Crippen LogP contribution < -0.4 is 0 Å². The molecule has 1 atom stereocenters. The molecule has 0 radical (unpaired) electrons. The Morgan fingerprint density at radius 3 is 1.55 bits per heavy atom. The summed E-state index contributed by atoms with van der Waals surface area (Å²) in [4.78, 5) is 9.92. The summed E-state index contributed by atoms with van der Waals surface area (Å²) < 4.78 is 44.8. The van der Waals surface area contributed by atoms with Crippen molar-refractivity contribution in [2.45, 2.75) is 65.2 Å². The van der Waals surface area contributed by atoms with E-state index in [0.717, 1.165) is 38.5 Å². The fourth-order valence-corrected chi connectivity index (χ4v) is 4.94. The zero-order valence-electron chi connectivity index (χ0n) is 17.5. The summed E-state index contributed by atoms with van der Waals surface area (Å²) in [7, 11) is -9.29. The second-order valence-electron chi connectivity index (χ2n) is 7.03. The van der Waals surface area contributed by atoms with Crippen molar-refractivity contribution in [1.82, 2.24) is 0 Å². The standard InChI is InChI=1S/C17H38O10P2/c1-3-5-7-9-11-24-29(23,25-12-10-8-6-4-2)27-28(21,22)26-16-17(13-18,14-19)15-20/h18-20H,3-16H2,1-2H3,(H,21,22). The van der Waals surface area contributed by atoms with E-state index in [0.29, 0.717) is 12.8 Å². The first-order valence-electron chi connectivity index (χ1n) is 10.1. The Bertz CT molecular complexity index is 472. The zero-order valence-corrected chi connectivity index (χ0v) is 19.3. The molecule has 10 nitrogen and oxygen atoms in total. The lowest BCUT2D eigenvalue weighted by molar-refractivity contribution is -0.0320. The Balaban J connectivity index is 4.89. The summed E-state index contributed by atoms with van der Waals surface area (Å²) in [6.45, 7) is 1.35. The first-order chi connectivity index (χ1) is 13.7. The molecule has 0 spiro atoms. The van der Waals surface area contributed by atoms with Crippen LogP contribution in [0.2, 0.25) is 0 Å². The van der Waals surface area contributed by atoms with Crippen molar-refractivity contribution in [3.63, 3.8) is 0 Å². The van der Waals surface area contributed by atoms with E-state index in [2.05, 4.69) is 0 Å². The number of rotatable bonds is 20. The lowest BCUT2D eigenvalue weighted by Gasteiger charge is -2.28. The van der Waals surface area contributed by atoms with Crippen LogP contribution in [-0.2, 0) is 27.0 Å². The molecule has 4 N–H and O–H groups in total. The molecule has 0 aromatic carbocycles. The number of aliphatic hydroxyl groups excluding tert-OH is 3. The summed E-state index contributed by atoms with van der Waals surface area (Å²) >= 11 is 0. The minimum absolute atomic E-state index is 0.0279. The first kappa shape index (κ1) is 29.1. The average Bonchev–Trinajstić information content (AvgIpc) is 2.69. The molecule has 0 saturated heterocycles. The van der Waals surface area contributed by atoms with Gasteiger partial charge in [0, 0.05) is 0 Å². The molecule has 0 aromatic rings. The molecule has 0 aliphatic heterocycles. The van der Waals surface area contributed by atoms with E-state index >= 15 is 0 Å². The average molecular weight is 464 g/mol. The maximum atomic E-state index is 12.8. The number of phosphoric ester groups is 2. The van der Waals surface area contributed by atoms with Crippen molar-refractivity contribution in [1.29, 1.82) is 0 Å². The maximum Gasteiger partial charge on any atom is 0.483 e. The van der Waals surface area contributed by atoms with E-state index < -0.39 is 47.5 Å². The third kappa shape index (κ3) is 13.2. The smallest absolute Gasteiger partial charge is 0.396 e. The summed E-state index contributed by atoms with van der Waals surface area (Å²) in [5.74, 6) is 0. The number of hydrogen-bond acceptors (Lipinski definition) is 9. The van der Waals surface area contributed by atoms with Gasteiger partial charge < -0.3 is 20.2 Å². The predicted octanol–water partition coefficient (Wildman–Crippen LogP) is 3.39. The molecule has 176 valence electrons. The van der Waals surface area contributed by atoms with Crippen molar-refractivity contribution in [2.24, 2.45) is 5.41 Å². The Kier molecular flexibility index (Phi) is 15.9. The van der Waals surface area contributed by atoms with Crippen molar-refractivity contribution >= 4 is 15.6 Å². The van der Waals surface area contributed by atoms with Gasteiger partial charge in [-0.05, 0) is 12.8 Å². The number of phosphoric acid groups is 2. The van der Waals surface area contributed by atoms with Gasteiger partial charge in [-0.2, -0.15) is 4.31 Å². The molecule has 1 unspecified atom stereocenters. The second-order valence-corrected chi connectivity index (χ2v) is 10.3. The molecular weight excluding hydrogens is 426 g/mol. The third-order valence-corrected chi connectivity index (χ3v) is 7.32. The number of aliphatic hydroxyl groups is 3. The first-order valence-corrected chi connectivity index (χ1v) is 13.1. The van der Waals surface area contributed by atoms with Gasteiger partial charge in [-0.3, -0.25) is 13.6 Å². The van der Waals surface area contributed by atoms with Crippen LogP contribution in [0.25, 0.3) is 0 Å². The topological polar surface area (TPSA) is 152 Å². The van der Waals surface area contributed by atoms with Gasteiger partial charge in [0.15, 0.2) is 0 Å². The van der Waals surface area contributed by atoms with Crippen molar-refractivity contribution < 1.29 is 47.2 Å². The SMILES string of the molecule is CCCCCCOP(=O)(OCCCCCC)OP(=O)(O)OCC(CO)(CO)CO. The molecule has 0 heterocycles. The largest absolute Gasteiger partial charge is 0.483 e. The number of hydrogen-bond donors (Lipinski definition) is 4. The van der Waals surface area contributed by atoms with Crippen molar-refractivity contribution in [3.05, 3.63) is 0 Å². The monoisotopic (exact) mass is 464 g/mol. The summed E-state index contributed by atoms with van der Waals surface area (Å²) in [6.07, 6.45) is 6.80. The molecular formula is C17H38O10P2. The maximum absolute atomic E-state index is 12.8. The van der Waals surface area contributed by atoms with Crippen molar-refractivity contribution in [2.75, 3.05) is 39.6 Å². The van der Waals surface area contributed by atoms with Crippen LogP contribution in [0.4, 0.5) is 0 Å². The van der Waals surface area contributed by atoms with Crippen molar-refractivity contribution in [3.8, 4) is 0 Å². The van der Waals surface area contributed by atoms with Gasteiger partial charge >= 0.3 is 15.6 Å². The molecule has 0 aliphatic rings. The summed E-state index contributed by atoms with van der Waals surface area (Å²) in [6, 6.07) is 0. The normalized spacial score (nSPS) is 14.8. The Hall–Kier alpha value is 0.140. The highest BCUT2D eigenvalue weighted by molar-refractivity contribution is 7.61. The molecule has 12 heteroatoms. The highest BCUT2D eigenvalue weighted by atomic mass is 31.3. The molecule has 0 saturated carbocycles. The van der Waals surface area contributed by atoms with Gasteiger partial charge in [-0.1, -0.05) is 52.4 Å². The van der Waals surface area contributed by atoms with E-state index in [-0.39, 0.29) is 13.2 Å². The molecule has 0 fully saturated rings. The second kappa shape index (κ2) is 15.9. The van der Waals surface area contributed by atoms with Gasteiger partial charge in [0.1, 0.15) is 0 Å². The summed E-state index contributed by atoms with van der Waals surface area (Å²) in [5, 5.41) is 27.8. The molecule has 0 aliphatic carbocycles. The fourth-order valence-electron chi connectivity index (χ4n) is 2.15. The highest BCUT2D eigenvalue weighted by Crippen LogP contribution is 2.63. The lowest BCUT2D eigenvalue weighted by atomic mass is 9.93. The molecule has 0 aromatic heterocycles. The van der Waals surface area contributed by atoms with Crippen LogP contribution in [0.1, 0.15) is 65.2 Å². The van der Waals surface area contributed by atoms with E-state index in [4.69, 9.17) is 17.9 Å². The predicted molar refractivity (Wildman–Crippen MR) is 108 cm³/mol. The Morgan fingerprint density at radius 2 is 1.17 bits per heavy atom. The molecule has 0 bridgehead atoms. The van der Waals surface area contributed by atoms with Gasteiger partial charge in [-0.25, -0.2) is 9.13 Å². The lowest BCUT2D eigenvalue weighted by Crippen LogP contribution is -2.38. The van der Waals surface area contributed by atoms with E-state index in [1.807, 2.05) is 13.8 Å². The minimum atomic E-state index is -4.92. The summed E-state index contributed by atoms with van der Waals surface area (Å²) in [5.41, 5.74) is -1.55. The van der Waals surface area contributed by atoms with Crippen LogP contribution >= 0.6 is 15.6 Å².